The lowest BCUT2D eigenvalue weighted by atomic mass is 9.78. The van der Waals surface area contributed by atoms with Gasteiger partial charge in [0.05, 0.1) is 15.6 Å². The van der Waals surface area contributed by atoms with E-state index in [0.717, 1.165) is 68.7 Å². The normalized spacial score (nSPS) is 20.7. The van der Waals surface area contributed by atoms with Crippen molar-refractivity contribution in [2.45, 2.75) is 38.1 Å². The molecule has 7 rings (SSSR count). The number of benzene rings is 1. The molecule has 6 heterocycles. The quantitative estimate of drug-likeness (QED) is 0.420. The van der Waals surface area contributed by atoms with Crippen molar-refractivity contribution < 1.29 is 4.79 Å². The molecule has 0 aliphatic carbocycles. The third kappa shape index (κ3) is 3.97. The fourth-order valence-corrected chi connectivity index (χ4v) is 7.70. The Hall–Kier alpha value is -3.08. The number of hydrogen-bond acceptors (Lipinski definition) is 8. The van der Waals surface area contributed by atoms with Gasteiger partial charge in [0.1, 0.15) is 10.4 Å². The molecule has 0 atom stereocenters. The standard InChI is InChI=1S/C28H33N7O2S/c1-33-13-6-18(7-14-33)31-25(37)22-23(36)19-16-30-27(34-15-10-28(17-34)8-11-29-12-9-28)32-24(19)35-20-4-2-3-5-21(20)38-26(22)35/h2-5,16,18,29H,6-15,17H2,1H3,(H,31,37). The Bertz CT molecular complexity index is 1600. The lowest BCUT2D eigenvalue weighted by Gasteiger charge is -2.33. The van der Waals surface area contributed by atoms with E-state index in [0.29, 0.717) is 27.2 Å². The molecular formula is C28H33N7O2S. The number of amides is 1. The van der Waals surface area contributed by atoms with E-state index < -0.39 is 0 Å². The van der Waals surface area contributed by atoms with Crippen molar-refractivity contribution in [1.82, 2.24) is 29.9 Å². The van der Waals surface area contributed by atoms with Crippen LogP contribution in [0.25, 0.3) is 26.1 Å². The number of pyridine rings is 1. The maximum atomic E-state index is 13.9. The predicted molar refractivity (Wildman–Crippen MR) is 151 cm³/mol. The lowest BCUT2D eigenvalue weighted by Crippen LogP contribution is -2.44. The number of likely N-dealkylation sites (tertiary alicyclic amines) is 1. The molecule has 2 N–H and O–H groups in total. The molecule has 0 bridgehead atoms. The average Bonchev–Trinajstić information content (AvgIpc) is 3.52. The van der Waals surface area contributed by atoms with E-state index in [1.54, 1.807) is 6.20 Å². The number of piperidine rings is 2. The molecule has 198 valence electrons. The van der Waals surface area contributed by atoms with Gasteiger partial charge in [0.2, 0.25) is 11.4 Å². The molecule has 10 heteroatoms. The fraction of sp³-hybridized carbons (Fsp3) is 0.500. The van der Waals surface area contributed by atoms with Crippen molar-refractivity contribution in [2.75, 3.05) is 51.2 Å². The van der Waals surface area contributed by atoms with E-state index in [-0.39, 0.29) is 22.9 Å². The first kappa shape index (κ1) is 24.0. The van der Waals surface area contributed by atoms with Gasteiger partial charge in [0.15, 0.2) is 5.65 Å². The Morgan fingerprint density at radius 1 is 1.13 bits per heavy atom. The van der Waals surface area contributed by atoms with Crippen molar-refractivity contribution in [2.24, 2.45) is 5.41 Å². The maximum Gasteiger partial charge on any atom is 0.258 e. The fourth-order valence-electron chi connectivity index (χ4n) is 6.52. The summed E-state index contributed by atoms with van der Waals surface area (Å²) in [4.78, 5) is 42.3. The summed E-state index contributed by atoms with van der Waals surface area (Å²) < 4.78 is 3.02. The predicted octanol–water partition coefficient (Wildman–Crippen LogP) is 2.86. The molecule has 3 fully saturated rings. The number of nitrogens with zero attached hydrogens (tertiary/aromatic N) is 5. The summed E-state index contributed by atoms with van der Waals surface area (Å²) in [6, 6.07) is 8.11. The van der Waals surface area contributed by atoms with Crippen LogP contribution in [-0.4, -0.2) is 77.5 Å². The summed E-state index contributed by atoms with van der Waals surface area (Å²) in [5, 5.41) is 7.02. The molecule has 1 spiro atoms. The van der Waals surface area contributed by atoms with Crippen LogP contribution >= 0.6 is 11.3 Å². The second-order valence-electron chi connectivity index (χ2n) is 11.3. The van der Waals surface area contributed by atoms with Gasteiger partial charge in [0, 0.05) is 25.3 Å². The Kier molecular flexibility index (Phi) is 5.86. The van der Waals surface area contributed by atoms with Gasteiger partial charge in [0.25, 0.3) is 5.91 Å². The number of anilines is 1. The number of aromatic nitrogens is 3. The van der Waals surface area contributed by atoms with Crippen LogP contribution in [0.1, 0.15) is 42.5 Å². The van der Waals surface area contributed by atoms with Crippen LogP contribution in [0, 0.1) is 5.41 Å². The molecular weight excluding hydrogens is 498 g/mol. The van der Waals surface area contributed by atoms with Crippen LogP contribution in [0.4, 0.5) is 5.95 Å². The lowest BCUT2D eigenvalue weighted by molar-refractivity contribution is 0.0917. The number of carbonyl (C=O) groups excluding carboxylic acids is 1. The summed E-state index contributed by atoms with van der Waals surface area (Å²) in [6.45, 7) is 5.86. The number of fused-ring (bicyclic) bond motifs is 5. The second-order valence-corrected chi connectivity index (χ2v) is 12.3. The zero-order valence-corrected chi connectivity index (χ0v) is 22.5. The summed E-state index contributed by atoms with van der Waals surface area (Å²) in [5.41, 5.74) is 1.76. The molecule has 1 amide bonds. The summed E-state index contributed by atoms with van der Waals surface area (Å²) >= 11 is 1.48. The summed E-state index contributed by atoms with van der Waals surface area (Å²) in [7, 11) is 2.09. The molecule has 3 saturated heterocycles. The first-order valence-electron chi connectivity index (χ1n) is 13.7. The first-order valence-corrected chi connectivity index (χ1v) is 14.5. The number of thiazole rings is 1. The molecule has 0 saturated carbocycles. The maximum absolute atomic E-state index is 13.9. The van der Waals surface area contributed by atoms with Gasteiger partial charge in [-0.1, -0.05) is 12.1 Å². The highest BCUT2D eigenvalue weighted by Crippen LogP contribution is 2.40. The van der Waals surface area contributed by atoms with Crippen molar-refractivity contribution in [3.05, 3.63) is 46.2 Å². The van der Waals surface area contributed by atoms with E-state index in [4.69, 9.17) is 4.98 Å². The molecule has 9 nitrogen and oxygen atoms in total. The zero-order valence-electron chi connectivity index (χ0n) is 21.7. The molecule has 3 aliphatic rings. The summed E-state index contributed by atoms with van der Waals surface area (Å²) in [5.74, 6) is 0.367. The molecule has 38 heavy (non-hydrogen) atoms. The summed E-state index contributed by atoms with van der Waals surface area (Å²) in [6.07, 6.45) is 6.89. The van der Waals surface area contributed by atoms with Crippen LogP contribution < -0.4 is 21.0 Å². The van der Waals surface area contributed by atoms with Crippen molar-refractivity contribution in [3.8, 4) is 0 Å². The minimum absolute atomic E-state index is 0.0688. The van der Waals surface area contributed by atoms with Crippen LogP contribution in [-0.2, 0) is 0 Å². The third-order valence-electron chi connectivity index (χ3n) is 8.84. The largest absolute Gasteiger partial charge is 0.349 e. The Morgan fingerprint density at radius 2 is 1.92 bits per heavy atom. The smallest absolute Gasteiger partial charge is 0.258 e. The minimum Gasteiger partial charge on any atom is -0.349 e. The molecule has 3 aromatic heterocycles. The highest BCUT2D eigenvalue weighted by Gasteiger charge is 2.40. The van der Waals surface area contributed by atoms with Gasteiger partial charge in [-0.25, -0.2) is 4.98 Å². The van der Waals surface area contributed by atoms with Gasteiger partial charge in [-0.2, -0.15) is 4.98 Å². The van der Waals surface area contributed by atoms with Crippen molar-refractivity contribution in [3.63, 3.8) is 0 Å². The SMILES string of the molecule is CN1CCC(NC(=O)c2c(=O)c3cnc(N4CCC5(CCNCC5)C4)nc3n3c2sc2ccccc23)CC1. The number of hydrogen-bond donors (Lipinski definition) is 2. The third-order valence-corrected chi connectivity index (χ3v) is 9.98. The number of nitrogens with one attached hydrogen (secondary N) is 2. The highest BCUT2D eigenvalue weighted by molar-refractivity contribution is 7.24. The topological polar surface area (TPSA) is 94.9 Å². The monoisotopic (exact) mass is 531 g/mol. The van der Waals surface area contributed by atoms with E-state index in [9.17, 15) is 9.59 Å². The van der Waals surface area contributed by atoms with Gasteiger partial charge in [-0.15, -0.1) is 11.3 Å². The Balaban J connectivity index is 1.34. The van der Waals surface area contributed by atoms with Crippen LogP contribution in [0.3, 0.4) is 0 Å². The number of para-hydroxylation sites is 1. The molecule has 0 unspecified atom stereocenters. The van der Waals surface area contributed by atoms with Crippen LogP contribution in [0.5, 0.6) is 0 Å². The zero-order chi connectivity index (χ0) is 25.9. The molecule has 4 aromatic rings. The minimum atomic E-state index is -0.299. The highest BCUT2D eigenvalue weighted by atomic mass is 32.1. The second kappa shape index (κ2) is 9.29. The first-order chi connectivity index (χ1) is 18.5. The van der Waals surface area contributed by atoms with Crippen LogP contribution in [0.15, 0.2) is 35.3 Å². The van der Waals surface area contributed by atoms with Gasteiger partial charge in [-0.3, -0.25) is 14.0 Å². The number of rotatable bonds is 3. The molecule has 1 aromatic carbocycles. The molecule has 3 aliphatic heterocycles. The van der Waals surface area contributed by atoms with E-state index in [1.165, 1.54) is 24.2 Å². The van der Waals surface area contributed by atoms with Gasteiger partial charge >= 0.3 is 0 Å². The number of carbonyl (C=O) groups is 1. The Morgan fingerprint density at radius 3 is 2.74 bits per heavy atom. The van der Waals surface area contributed by atoms with Crippen molar-refractivity contribution >= 4 is 49.3 Å². The average molecular weight is 532 g/mol. The molecule has 0 radical (unpaired) electrons. The van der Waals surface area contributed by atoms with Gasteiger partial charge in [-0.05, 0) is 82.9 Å². The van der Waals surface area contributed by atoms with Crippen molar-refractivity contribution in [1.29, 1.82) is 0 Å². The van der Waals surface area contributed by atoms with Crippen LogP contribution in [0.2, 0.25) is 0 Å². The van der Waals surface area contributed by atoms with Gasteiger partial charge < -0.3 is 20.4 Å². The Labute approximate surface area is 224 Å². The van der Waals surface area contributed by atoms with E-state index >= 15 is 0 Å². The van der Waals surface area contributed by atoms with E-state index in [1.807, 2.05) is 28.7 Å². The van der Waals surface area contributed by atoms with E-state index in [2.05, 4.69) is 32.5 Å².